The number of benzene rings is 1. The van der Waals surface area contributed by atoms with Crippen molar-refractivity contribution in [3.8, 4) is 5.75 Å². The third-order valence-electron chi connectivity index (χ3n) is 4.40. The van der Waals surface area contributed by atoms with E-state index in [0.717, 1.165) is 4.31 Å². The van der Waals surface area contributed by atoms with Crippen molar-refractivity contribution in [1.29, 1.82) is 0 Å². The van der Waals surface area contributed by atoms with E-state index in [2.05, 4.69) is 4.72 Å². The molecule has 3 rings (SSSR count). The fourth-order valence-corrected chi connectivity index (χ4v) is 4.58. The molecule has 0 bridgehead atoms. The molecule has 0 saturated carbocycles. The van der Waals surface area contributed by atoms with Gasteiger partial charge in [-0.25, -0.2) is 0 Å². The standard InChI is InChI=1S/C14H20N2O8S/c1-23-9-4-2-8(3-5-9)16-7-14(15-25(16,21)22)13(20)12(19)11(18)10(6-17)24-14/h2-5,10-13,15,17-20H,6-7H2,1H3/t10-,11-,12+,13-,14+/m1/s1. The van der Waals surface area contributed by atoms with Crippen molar-refractivity contribution in [1.82, 2.24) is 4.72 Å². The van der Waals surface area contributed by atoms with Gasteiger partial charge in [-0.3, -0.25) is 4.31 Å². The van der Waals surface area contributed by atoms with Crippen LogP contribution in [-0.2, 0) is 14.9 Å². The van der Waals surface area contributed by atoms with Gasteiger partial charge in [-0.15, -0.1) is 0 Å². The highest BCUT2D eigenvalue weighted by Gasteiger charge is 2.60. The minimum Gasteiger partial charge on any atom is -0.497 e. The second-order valence-corrected chi connectivity index (χ2v) is 7.56. The van der Waals surface area contributed by atoms with Crippen LogP contribution in [0.3, 0.4) is 0 Å². The SMILES string of the molecule is COc1ccc(N2C[C@]3(NS2(=O)=O)O[C@H](CO)[C@@H](O)[C@H](O)[C@H]3O)cc1. The first-order valence-electron chi connectivity index (χ1n) is 7.52. The zero-order chi connectivity index (χ0) is 18.4. The number of anilines is 1. The zero-order valence-corrected chi connectivity index (χ0v) is 14.1. The minimum absolute atomic E-state index is 0.294. The molecule has 2 aliphatic heterocycles. The van der Waals surface area contributed by atoms with Gasteiger partial charge in [-0.1, -0.05) is 0 Å². The molecular weight excluding hydrogens is 356 g/mol. The van der Waals surface area contributed by atoms with Gasteiger partial charge in [0.2, 0.25) is 0 Å². The summed E-state index contributed by atoms with van der Waals surface area (Å²) in [7, 11) is -2.61. The molecule has 0 aromatic heterocycles. The maximum absolute atomic E-state index is 12.5. The second-order valence-electron chi connectivity index (χ2n) is 5.97. The van der Waals surface area contributed by atoms with Gasteiger partial charge in [-0.2, -0.15) is 13.1 Å². The maximum atomic E-state index is 12.5. The first-order chi connectivity index (χ1) is 11.7. The van der Waals surface area contributed by atoms with E-state index in [4.69, 9.17) is 9.47 Å². The Balaban J connectivity index is 1.95. The summed E-state index contributed by atoms with van der Waals surface area (Å²) in [5.41, 5.74) is -1.60. The van der Waals surface area contributed by atoms with E-state index in [0.29, 0.717) is 11.4 Å². The van der Waals surface area contributed by atoms with Crippen molar-refractivity contribution in [3.05, 3.63) is 24.3 Å². The summed E-state index contributed by atoms with van der Waals surface area (Å²) in [6, 6.07) is 6.18. The van der Waals surface area contributed by atoms with Crippen molar-refractivity contribution >= 4 is 15.9 Å². The van der Waals surface area contributed by atoms with Crippen LogP contribution in [0.15, 0.2) is 24.3 Å². The van der Waals surface area contributed by atoms with E-state index in [9.17, 15) is 28.8 Å². The molecule has 0 radical (unpaired) electrons. The molecule has 11 heteroatoms. The molecule has 10 nitrogen and oxygen atoms in total. The van der Waals surface area contributed by atoms with Crippen molar-refractivity contribution < 1.29 is 38.3 Å². The Bertz CT molecular complexity index is 725. The largest absolute Gasteiger partial charge is 0.497 e. The van der Waals surface area contributed by atoms with Crippen LogP contribution in [0.4, 0.5) is 5.69 Å². The molecule has 0 unspecified atom stereocenters. The van der Waals surface area contributed by atoms with Crippen LogP contribution in [0.25, 0.3) is 0 Å². The maximum Gasteiger partial charge on any atom is 0.304 e. The molecule has 25 heavy (non-hydrogen) atoms. The van der Waals surface area contributed by atoms with E-state index in [1.54, 1.807) is 12.1 Å². The van der Waals surface area contributed by atoms with Crippen LogP contribution >= 0.6 is 0 Å². The number of hydrogen-bond acceptors (Lipinski definition) is 8. The van der Waals surface area contributed by atoms with Gasteiger partial charge in [0.15, 0.2) is 5.72 Å². The number of rotatable bonds is 3. The number of hydrogen-bond donors (Lipinski definition) is 5. The molecule has 5 N–H and O–H groups in total. The molecule has 2 fully saturated rings. The van der Waals surface area contributed by atoms with E-state index < -0.39 is 47.0 Å². The molecule has 2 heterocycles. The van der Waals surface area contributed by atoms with Gasteiger partial charge in [0.05, 0.1) is 25.9 Å². The Morgan fingerprint density at radius 3 is 2.48 bits per heavy atom. The van der Waals surface area contributed by atoms with Crippen molar-refractivity contribution in [2.24, 2.45) is 0 Å². The first kappa shape index (κ1) is 18.3. The predicted molar refractivity (Wildman–Crippen MR) is 85.1 cm³/mol. The molecule has 1 aromatic rings. The smallest absolute Gasteiger partial charge is 0.304 e. The average molecular weight is 376 g/mol. The Labute approximate surface area is 144 Å². The summed E-state index contributed by atoms with van der Waals surface area (Å²) in [6.07, 6.45) is -6.23. The molecule has 140 valence electrons. The number of nitrogens with one attached hydrogen (secondary N) is 1. The number of aliphatic hydroxyl groups is 4. The Hall–Kier alpha value is -1.47. The summed E-state index contributed by atoms with van der Waals surface area (Å²) in [5, 5.41) is 39.4. The summed E-state index contributed by atoms with van der Waals surface area (Å²) in [4.78, 5) is 0. The third kappa shape index (κ3) is 2.97. The van der Waals surface area contributed by atoms with Crippen LogP contribution < -0.4 is 13.8 Å². The highest BCUT2D eigenvalue weighted by atomic mass is 32.2. The highest BCUT2D eigenvalue weighted by molar-refractivity contribution is 7.91. The monoisotopic (exact) mass is 376 g/mol. The molecule has 2 saturated heterocycles. The lowest BCUT2D eigenvalue weighted by molar-refractivity contribution is -0.271. The molecule has 2 aliphatic rings. The summed E-state index contributed by atoms with van der Waals surface area (Å²) in [5.74, 6) is 0.538. The van der Waals surface area contributed by atoms with Crippen molar-refractivity contribution in [3.63, 3.8) is 0 Å². The van der Waals surface area contributed by atoms with Gasteiger partial charge in [-0.05, 0) is 24.3 Å². The molecular formula is C14H20N2O8S. The molecule has 0 amide bonds. The summed E-state index contributed by atoms with van der Waals surface area (Å²) < 4.78 is 38.6. The lowest BCUT2D eigenvalue weighted by Gasteiger charge is -2.45. The van der Waals surface area contributed by atoms with Crippen LogP contribution in [0.2, 0.25) is 0 Å². The van der Waals surface area contributed by atoms with E-state index >= 15 is 0 Å². The van der Waals surface area contributed by atoms with Gasteiger partial charge in [0, 0.05) is 0 Å². The second kappa shape index (κ2) is 6.36. The van der Waals surface area contributed by atoms with Gasteiger partial charge >= 0.3 is 10.2 Å². The molecule has 5 atom stereocenters. The van der Waals surface area contributed by atoms with Crippen LogP contribution in [-0.4, -0.2) is 79.2 Å². The number of aliphatic hydroxyl groups excluding tert-OH is 4. The number of nitrogens with zero attached hydrogens (tertiary/aromatic N) is 1. The van der Waals surface area contributed by atoms with Crippen molar-refractivity contribution in [2.45, 2.75) is 30.1 Å². The third-order valence-corrected chi connectivity index (χ3v) is 5.93. The molecule has 0 aliphatic carbocycles. The highest BCUT2D eigenvalue weighted by Crippen LogP contribution is 2.36. The lowest BCUT2D eigenvalue weighted by Crippen LogP contribution is -2.70. The van der Waals surface area contributed by atoms with Gasteiger partial charge in [0.25, 0.3) is 0 Å². The first-order valence-corrected chi connectivity index (χ1v) is 8.96. The molecule has 1 aromatic carbocycles. The molecule has 1 spiro atoms. The van der Waals surface area contributed by atoms with E-state index in [1.165, 1.54) is 19.2 Å². The predicted octanol–water partition coefficient (Wildman–Crippen LogP) is -2.48. The lowest BCUT2D eigenvalue weighted by atomic mass is 9.91. The summed E-state index contributed by atoms with van der Waals surface area (Å²) in [6.45, 7) is -1.01. The number of methoxy groups -OCH3 is 1. The minimum atomic E-state index is -4.09. The fourth-order valence-electron chi connectivity index (χ4n) is 3.04. The normalized spacial score (nSPS) is 37.4. The Morgan fingerprint density at radius 2 is 1.92 bits per heavy atom. The van der Waals surface area contributed by atoms with Crippen molar-refractivity contribution in [2.75, 3.05) is 24.6 Å². The fraction of sp³-hybridized carbons (Fsp3) is 0.571. The van der Waals surface area contributed by atoms with Gasteiger partial charge in [0.1, 0.15) is 30.2 Å². The Morgan fingerprint density at radius 1 is 1.28 bits per heavy atom. The van der Waals surface area contributed by atoms with E-state index in [-0.39, 0.29) is 6.54 Å². The van der Waals surface area contributed by atoms with Gasteiger partial charge < -0.3 is 29.9 Å². The van der Waals surface area contributed by atoms with Crippen LogP contribution in [0.5, 0.6) is 5.75 Å². The zero-order valence-electron chi connectivity index (χ0n) is 13.3. The number of ether oxygens (including phenoxy) is 2. The Kier molecular flexibility index (Phi) is 4.66. The van der Waals surface area contributed by atoms with E-state index in [1.807, 2.05) is 0 Å². The summed E-state index contributed by atoms with van der Waals surface area (Å²) >= 11 is 0. The quantitative estimate of drug-likeness (QED) is 0.389. The van der Waals surface area contributed by atoms with Crippen LogP contribution in [0, 0.1) is 0 Å². The topological polar surface area (TPSA) is 149 Å². The average Bonchev–Trinajstić information content (AvgIpc) is 2.88. The van der Waals surface area contributed by atoms with Crippen LogP contribution in [0.1, 0.15) is 0 Å².